The van der Waals surface area contributed by atoms with Crippen molar-refractivity contribution in [3.63, 3.8) is 0 Å². The van der Waals surface area contributed by atoms with Crippen LogP contribution in [-0.4, -0.2) is 0 Å². The molecule has 176 valence electrons. The van der Waals surface area contributed by atoms with Crippen LogP contribution >= 0.6 is 0 Å². The van der Waals surface area contributed by atoms with Crippen LogP contribution in [-0.2, 0) is 0 Å². The zero-order chi connectivity index (χ0) is 24.9. The van der Waals surface area contributed by atoms with Crippen molar-refractivity contribution in [2.45, 2.75) is 0 Å². The van der Waals surface area contributed by atoms with Crippen molar-refractivity contribution in [2.75, 3.05) is 4.90 Å². The second-order valence-electron chi connectivity index (χ2n) is 9.08. The van der Waals surface area contributed by atoms with Crippen LogP contribution in [0.25, 0.3) is 34.1 Å². The zero-order valence-corrected chi connectivity index (χ0v) is 20.5. The molecule has 0 aliphatic rings. The minimum atomic E-state index is 1.13. The highest BCUT2D eigenvalue weighted by molar-refractivity contribution is 5.96. The van der Waals surface area contributed by atoms with Gasteiger partial charge < -0.3 is 4.90 Å². The van der Waals surface area contributed by atoms with E-state index in [1.165, 1.54) is 33.0 Å². The van der Waals surface area contributed by atoms with Crippen molar-refractivity contribution in [2.24, 2.45) is 0 Å². The summed E-state index contributed by atoms with van der Waals surface area (Å²) in [6, 6.07) is 53.5. The predicted octanol–water partition coefficient (Wildman–Crippen LogP) is 10.1. The van der Waals surface area contributed by atoms with E-state index in [4.69, 9.17) is 0 Å². The van der Waals surface area contributed by atoms with E-state index in [0.29, 0.717) is 0 Å². The highest BCUT2D eigenvalue weighted by Gasteiger charge is 2.11. The first-order chi connectivity index (χ1) is 18.3. The van der Waals surface area contributed by atoms with Gasteiger partial charge in [0.15, 0.2) is 0 Å². The number of anilines is 3. The Morgan fingerprint density at radius 3 is 1.49 bits per heavy atom. The minimum Gasteiger partial charge on any atom is -0.311 e. The average molecular weight is 474 g/mol. The van der Waals surface area contributed by atoms with Crippen molar-refractivity contribution < 1.29 is 0 Å². The molecule has 0 saturated heterocycles. The Hall–Kier alpha value is -4.88. The largest absolute Gasteiger partial charge is 0.311 e. The Labute approximate surface area is 218 Å². The number of rotatable bonds is 6. The predicted molar refractivity (Wildman–Crippen MR) is 159 cm³/mol. The number of para-hydroxylation sites is 2. The molecule has 6 rings (SSSR count). The Balaban J connectivity index is 1.23. The molecule has 0 spiro atoms. The maximum absolute atomic E-state index is 2.28. The van der Waals surface area contributed by atoms with Gasteiger partial charge in [0.2, 0.25) is 0 Å². The fraction of sp³-hybridized carbons (Fsp3) is 0. The van der Waals surface area contributed by atoms with Crippen molar-refractivity contribution in [1.82, 2.24) is 0 Å². The third-order valence-electron chi connectivity index (χ3n) is 6.66. The smallest absolute Gasteiger partial charge is 0.0462 e. The summed E-state index contributed by atoms with van der Waals surface area (Å²) in [6.07, 6.45) is 4.35. The molecule has 0 aliphatic heterocycles. The second kappa shape index (κ2) is 10.4. The normalized spacial score (nSPS) is 11.1. The molecule has 0 aliphatic carbocycles. The van der Waals surface area contributed by atoms with Gasteiger partial charge in [0.1, 0.15) is 0 Å². The van der Waals surface area contributed by atoms with Gasteiger partial charge in [0.25, 0.3) is 0 Å². The highest BCUT2D eigenvalue weighted by Crippen LogP contribution is 2.34. The van der Waals surface area contributed by atoms with Gasteiger partial charge in [0, 0.05) is 17.1 Å². The SMILES string of the molecule is C(=C\c1ccc(N(c2ccccc2)c2ccccc2)cc1)/c1ccc(-c2cccc3ccccc23)cc1. The summed E-state index contributed by atoms with van der Waals surface area (Å²) in [7, 11) is 0. The van der Waals surface area contributed by atoms with Crippen LogP contribution in [0.15, 0.2) is 152 Å². The van der Waals surface area contributed by atoms with Crippen molar-refractivity contribution in [3.05, 3.63) is 163 Å². The molecule has 6 aromatic carbocycles. The number of hydrogen-bond donors (Lipinski definition) is 0. The second-order valence-corrected chi connectivity index (χ2v) is 9.08. The molecule has 0 saturated carbocycles. The van der Waals surface area contributed by atoms with Gasteiger partial charge in [-0.05, 0) is 69.4 Å². The molecule has 0 unspecified atom stereocenters. The number of hydrogen-bond acceptors (Lipinski definition) is 1. The molecule has 1 nitrogen and oxygen atoms in total. The molecule has 0 atom stereocenters. The monoisotopic (exact) mass is 473 g/mol. The Morgan fingerprint density at radius 1 is 0.378 bits per heavy atom. The molecule has 0 bridgehead atoms. The van der Waals surface area contributed by atoms with E-state index >= 15 is 0 Å². The lowest BCUT2D eigenvalue weighted by molar-refractivity contribution is 1.28. The van der Waals surface area contributed by atoms with Crippen LogP contribution < -0.4 is 4.90 Å². The lowest BCUT2D eigenvalue weighted by Crippen LogP contribution is -2.09. The summed E-state index contributed by atoms with van der Waals surface area (Å²) in [5.74, 6) is 0. The van der Waals surface area contributed by atoms with E-state index in [9.17, 15) is 0 Å². The Kier molecular flexibility index (Phi) is 6.34. The topological polar surface area (TPSA) is 3.24 Å². The standard InChI is InChI=1S/C36H27N/c1-3-12-32(13-4-1)37(33-14-5-2-6-15-33)34-26-22-29(23-27-34)19-18-28-20-24-31(25-21-28)36-17-9-11-30-10-7-8-16-35(30)36/h1-27H/b19-18+. The Bertz CT molecular complexity index is 1590. The van der Waals surface area contributed by atoms with Crippen LogP contribution in [0.5, 0.6) is 0 Å². The zero-order valence-electron chi connectivity index (χ0n) is 20.5. The van der Waals surface area contributed by atoms with E-state index < -0.39 is 0 Å². The number of fused-ring (bicyclic) bond motifs is 1. The third kappa shape index (κ3) is 4.94. The van der Waals surface area contributed by atoms with Gasteiger partial charge >= 0.3 is 0 Å². The molecule has 0 amide bonds. The maximum Gasteiger partial charge on any atom is 0.0462 e. The van der Waals surface area contributed by atoms with E-state index in [0.717, 1.165) is 17.1 Å². The molecule has 1 heteroatoms. The summed E-state index contributed by atoms with van der Waals surface area (Å²) in [5, 5.41) is 2.55. The van der Waals surface area contributed by atoms with Gasteiger partial charge in [-0.25, -0.2) is 0 Å². The molecular formula is C36H27N. The van der Waals surface area contributed by atoms with Crippen LogP contribution in [0.4, 0.5) is 17.1 Å². The molecule has 0 heterocycles. The van der Waals surface area contributed by atoms with Gasteiger partial charge in [-0.2, -0.15) is 0 Å². The maximum atomic E-state index is 2.28. The van der Waals surface area contributed by atoms with E-state index in [-0.39, 0.29) is 0 Å². The van der Waals surface area contributed by atoms with Crippen molar-refractivity contribution in [1.29, 1.82) is 0 Å². The first-order valence-electron chi connectivity index (χ1n) is 12.6. The summed E-state index contributed by atoms with van der Waals surface area (Å²) in [5.41, 5.74) is 8.28. The van der Waals surface area contributed by atoms with Crippen molar-refractivity contribution in [3.8, 4) is 11.1 Å². The summed E-state index contributed by atoms with van der Waals surface area (Å²) >= 11 is 0. The molecule has 0 fully saturated rings. The van der Waals surface area contributed by atoms with Crippen LogP contribution in [0, 0.1) is 0 Å². The molecular weight excluding hydrogens is 446 g/mol. The fourth-order valence-electron chi connectivity index (χ4n) is 4.78. The van der Waals surface area contributed by atoms with Gasteiger partial charge in [0.05, 0.1) is 0 Å². The highest BCUT2D eigenvalue weighted by atomic mass is 15.1. The van der Waals surface area contributed by atoms with Crippen LogP contribution in [0.1, 0.15) is 11.1 Å². The fourth-order valence-corrected chi connectivity index (χ4v) is 4.78. The third-order valence-corrected chi connectivity index (χ3v) is 6.66. The Morgan fingerprint density at radius 2 is 0.865 bits per heavy atom. The lowest BCUT2D eigenvalue weighted by atomic mass is 9.97. The number of nitrogens with zero attached hydrogens (tertiary/aromatic N) is 1. The van der Waals surface area contributed by atoms with E-state index in [1.807, 2.05) is 0 Å². The van der Waals surface area contributed by atoms with E-state index in [1.54, 1.807) is 0 Å². The molecule has 0 N–H and O–H groups in total. The first-order valence-corrected chi connectivity index (χ1v) is 12.6. The summed E-state index contributed by atoms with van der Waals surface area (Å²) in [4.78, 5) is 2.28. The van der Waals surface area contributed by atoms with Gasteiger partial charge in [-0.3, -0.25) is 0 Å². The molecule has 6 aromatic rings. The van der Waals surface area contributed by atoms with Gasteiger partial charge in [-0.15, -0.1) is 0 Å². The quantitative estimate of drug-likeness (QED) is 0.217. The van der Waals surface area contributed by atoms with E-state index in [2.05, 4.69) is 169 Å². The first kappa shape index (κ1) is 22.6. The number of benzene rings is 6. The molecule has 37 heavy (non-hydrogen) atoms. The molecule has 0 aromatic heterocycles. The molecule has 0 radical (unpaired) electrons. The lowest BCUT2D eigenvalue weighted by Gasteiger charge is -2.25. The minimum absolute atomic E-state index is 1.13. The summed E-state index contributed by atoms with van der Waals surface area (Å²) in [6.45, 7) is 0. The summed E-state index contributed by atoms with van der Waals surface area (Å²) < 4.78 is 0. The van der Waals surface area contributed by atoms with Crippen LogP contribution in [0.3, 0.4) is 0 Å². The van der Waals surface area contributed by atoms with Gasteiger partial charge in [-0.1, -0.05) is 127 Å². The van der Waals surface area contributed by atoms with Crippen LogP contribution in [0.2, 0.25) is 0 Å². The average Bonchev–Trinajstić information content (AvgIpc) is 2.98. The van der Waals surface area contributed by atoms with Crippen molar-refractivity contribution >= 4 is 40.0 Å².